The van der Waals surface area contributed by atoms with E-state index in [0.29, 0.717) is 6.10 Å². The van der Waals surface area contributed by atoms with E-state index in [1.807, 2.05) is 0 Å². The fourth-order valence-corrected chi connectivity index (χ4v) is 2.71. The number of hydrogen-bond donors (Lipinski definition) is 2. The Kier molecular flexibility index (Phi) is 15.1. The summed E-state index contributed by atoms with van der Waals surface area (Å²) >= 11 is 0. The lowest BCUT2D eigenvalue weighted by Gasteiger charge is -2.30. The number of nitrogens with zero attached hydrogens (tertiary/aromatic N) is 2. The van der Waals surface area contributed by atoms with Gasteiger partial charge in [-0.05, 0) is 72.0 Å². The van der Waals surface area contributed by atoms with Crippen molar-refractivity contribution in [2.24, 2.45) is 10.9 Å². The molecule has 0 saturated carbocycles. The van der Waals surface area contributed by atoms with Crippen LogP contribution in [0.2, 0.25) is 0 Å². The maximum atomic E-state index is 5.54. The van der Waals surface area contributed by atoms with Gasteiger partial charge in [0.05, 0.1) is 6.10 Å². The van der Waals surface area contributed by atoms with Gasteiger partial charge in [0.15, 0.2) is 5.96 Å². The first-order valence-electron chi connectivity index (χ1n) is 9.48. The summed E-state index contributed by atoms with van der Waals surface area (Å²) in [5, 5.41) is 6.75. The molecule has 1 rings (SSSR count). The van der Waals surface area contributed by atoms with Gasteiger partial charge in [-0.15, -0.1) is 24.0 Å². The van der Waals surface area contributed by atoms with Gasteiger partial charge in [0.25, 0.3) is 0 Å². The maximum absolute atomic E-state index is 5.54. The third-order valence-corrected chi connectivity index (χ3v) is 4.19. The quantitative estimate of drug-likeness (QED) is 0.231. The van der Waals surface area contributed by atoms with Gasteiger partial charge >= 0.3 is 0 Å². The number of aliphatic imine (C=N–C) groups is 1. The molecule has 6 heteroatoms. The summed E-state index contributed by atoms with van der Waals surface area (Å²) in [7, 11) is 0. The van der Waals surface area contributed by atoms with Gasteiger partial charge in [-0.3, -0.25) is 4.99 Å². The predicted molar refractivity (Wildman–Crippen MR) is 115 cm³/mol. The van der Waals surface area contributed by atoms with E-state index in [2.05, 4.69) is 48.2 Å². The van der Waals surface area contributed by atoms with Gasteiger partial charge in [0, 0.05) is 26.2 Å². The minimum absolute atomic E-state index is 0. The second kappa shape index (κ2) is 15.2. The lowest BCUT2D eigenvalue weighted by molar-refractivity contribution is 0.0782. The van der Waals surface area contributed by atoms with Crippen LogP contribution in [-0.4, -0.2) is 62.8 Å². The van der Waals surface area contributed by atoms with Crippen molar-refractivity contribution in [2.45, 2.75) is 59.5 Å². The summed E-state index contributed by atoms with van der Waals surface area (Å²) in [4.78, 5) is 7.20. The van der Waals surface area contributed by atoms with Crippen LogP contribution in [-0.2, 0) is 4.74 Å². The Morgan fingerprint density at radius 1 is 1.21 bits per heavy atom. The van der Waals surface area contributed by atoms with Crippen molar-refractivity contribution < 1.29 is 4.74 Å². The second-order valence-corrected chi connectivity index (χ2v) is 6.84. The number of piperidine rings is 1. The molecule has 0 atom stereocenters. The number of rotatable bonds is 10. The van der Waals surface area contributed by atoms with E-state index in [4.69, 9.17) is 4.74 Å². The highest BCUT2D eigenvalue weighted by Crippen LogP contribution is 2.15. The molecule has 0 aromatic rings. The molecule has 0 spiro atoms. The molecule has 1 fully saturated rings. The van der Waals surface area contributed by atoms with Gasteiger partial charge in [-0.25, -0.2) is 0 Å². The zero-order valence-electron chi connectivity index (χ0n) is 16.1. The highest BCUT2D eigenvalue weighted by Gasteiger charge is 2.14. The van der Waals surface area contributed by atoms with Crippen LogP contribution in [0, 0.1) is 5.92 Å². The first-order chi connectivity index (χ1) is 11.1. The first kappa shape index (κ1) is 23.9. The number of hydrogen-bond acceptors (Lipinski definition) is 3. The summed E-state index contributed by atoms with van der Waals surface area (Å²) in [5.74, 6) is 1.85. The third-order valence-electron chi connectivity index (χ3n) is 4.19. The summed E-state index contributed by atoms with van der Waals surface area (Å²) in [5.41, 5.74) is 0. The zero-order valence-corrected chi connectivity index (χ0v) is 18.5. The predicted octanol–water partition coefficient (Wildman–Crippen LogP) is 3.10. The molecule has 2 N–H and O–H groups in total. The van der Waals surface area contributed by atoms with Crippen LogP contribution < -0.4 is 10.6 Å². The van der Waals surface area contributed by atoms with Crippen molar-refractivity contribution in [3.8, 4) is 0 Å². The molecule has 0 unspecified atom stereocenters. The minimum Gasteiger partial charge on any atom is -0.379 e. The van der Waals surface area contributed by atoms with Crippen molar-refractivity contribution in [1.29, 1.82) is 0 Å². The molecular weight excluding hydrogens is 415 g/mol. The number of likely N-dealkylation sites (tertiary alicyclic amines) is 1. The van der Waals surface area contributed by atoms with Crippen molar-refractivity contribution in [1.82, 2.24) is 15.5 Å². The van der Waals surface area contributed by atoms with Crippen LogP contribution in [0.5, 0.6) is 0 Å². The number of guanidine groups is 1. The van der Waals surface area contributed by atoms with Gasteiger partial charge < -0.3 is 20.3 Å². The van der Waals surface area contributed by atoms with E-state index in [1.54, 1.807) is 0 Å². The molecule has 0 aromatic carbocycles. The molecule has 0 amide bonds. The summed E-state index contributed by atoms with van der Waals surface area (Å²) < 4.78 is 5.54. The lowest BCUT2D eigenvalue weighted by atomic mass is 9.99. The van der Waals surface area contributed by atoms with E-state index in [-0.39, 0.29) is 24.0 Å². The molecular formula is C18H39IN4O. The van der Waals surface area contributed by atoms with E-state index < -0.39 is 0 Å². The molecule has 0 aliphatic carbocycles. The summed E-state index contributed by atoms with van der Waals surface area (Å²) in [6.45, 7) is 15.8. The lowest BCUT2D eigenvalue weighted by Crippen LogP contribution is -2.39. The molecule has 0 aromatic heterocycles. The van der Waals surface area contributed by atoms with Crippen LogP contribution in [0.4, 0.5) is 0 Å². The molecule has 1 aliphatic rings. The zero-order chi connectivity index (χ0) is 16.9. The van der Waals surface area contributed by atoms with E-state index in [1.165, 1.54) is 38.9 Å². The number of ether oxygens (including phenoxy) is 1. The molecule has 24 heavy (non-hydrogen) atoms. The third kappa shape index (κ3) is 12.3. The van der Waals surface area contributed by atoms with E-state index in [0.717, 1.165) is 44.5 Å². The highest BCUT2D eigenvalue weighted by molar-refractivity contribution is 14.0. The van der Waals surface area contributed by atoms with Crippen LogP contribution in [0.25, 0.3) is 0 Å². The minimum atomic E-state index is 0. The Bertz CT molecular complexity index is 318. The first-order valence-corrected chi connectivity index (χ1v) is 9.48. The Labute approximate surface area is 166 Å². The van der Waals surface area contributed by atoms with Gasteiger partial charge in [-0.1, -0.05) is 6.92 Å². The fourth-order valence-electron chi connectivity index (χ4n) is 2.71. The van der Waals surface area contributed by atoms with Crippen LogP contribution in [0.3, 0.4) is 0 Å². The van der Waals surface area contributed by atoms with E-state index in [9.17, 15) is 0 Å². The summed E-state index contributed by atoms with van der Waals surface area (Å²) in [6, 6.07) is 0. The molecule has 5 nitrogen and oxygen atoms in total. The standard InChI is InChI=1S/C18H38N4O.HI/c1-5-19-18(21-11-7-15-23-16(2)3)20-10-6-12-22-13-8-17(4)9-14-22;/h16-17H,5-15H2,1-4H3,(H2,19,20,21);1H. The van der Waals surface area contributed by atoms with Crippen LogP contribution >= 0.6 is 24.0 Å². The topological polar surface area (TPSA) is 48.9 Å². The Morgan fingerprint density at radius 3 is 2.54 bits per heavy atom. The highest BCUT2D eigenvalue weighted by atomic mass is 127. The van der Waals surface area contributed by atoms with Gasteiger partial charge in [0.1, 0.15) is 0 Å². The molecule has 1 heterocycles. The van der Waals surface area contributed by atoms with Crippen molar-refractivity contribution in [3.05, 3.63) is 0 Å². The molecule has 1 saturated heterocycles. The van der Waals surface area contributed by atoms with Crippen LogP contribution in [0.15, 0.2) is 4.99 Å². The molecule has 1 aliphatic heterocycles. The van der Waals surface area contributed by atoms with Crippen molar-refractivity contribution in [2.75, 3.05) is 45.9 Å². The largest absolute Gasteiger partial charge is 0.379 e. The monoisotopic (exact) mass is 454 g/mol. The average Bonchev–Trinajstić information content (AvgIpc) is 2.52. The second-order valence-electron chi connectivity index (χ2n) is 6.84. The Balaban J connectivity index is 0.00000529. The van der Waals surface area contributed by atoms with Crippen LogP contribution in [0.1, 0.15) is 53.4 Å². The van der Waals surface area contributed by atoms with Crippen molar-refractivity contribution in [3.63, 3.8) is 0 Å². The summed E-state index contributed by atoms with van der Waals surface area (Å²) in [6.07, 6.45) is 5.17. The number of nitrogens with one attached hydrogen (secondary N) is 2. The fraction of sp³-hybridized carbons (Fsp3) is 0.944. The molecule has 0 bridgehead atoms. The van der Waals surface area contributed by atoms with Gasteiger partial charge in [0.2, 0.25) is 0 Å². The van der Waals surface area contributed by atoms with E-state index >= 15 is 0 Å². The maximum Gasteiger partial charge on any atom is 0.191 e. The Morgan fingerprint density at radius 2 is 1.92 bits per heavy atom. The normalized spacial score (nSPS) is 17.0. The average molecular weight is 454 g/mol. The molecule has 144 valence electrons. The Hall–Kier alpha value is -0.0800. The molecule has 0 radical (unpaired) electrons. The SMILES string of the molecule is CCNC(=NCCCOC(C)C)NCCCN1CCC(C)CC1.I. The smallest absolute Gasteiger partial charge is 0.191 e. The van der Waals surface area contributed by atoms with Crippen molar-refractivity contribution >= 4 is 29.9 Å². The number of halogens is 1. The van der Waals surface area contributed by atoms with Gasteiger partial charge in [-0.2, -0.15) is 0 Å².